The lowest BCUT2D eigenvalue weighted by Crippen LogP contribution is -2.28. The van der Waals surface area contributed by atoms with Crippen LogP contribution < -0.4 is 10.5 Å². The monoisotopic (exact) mass is 388 g/mol. The number of hydrogen-bond donors (Lipinski definition) is 1. The van der Waals surface area contributed by atoms with Gasteiger partial charge in [-0.2, -0.15) is 0 Å². The van der Waals surface area contributed by atoms with Crippen molar-refractivity contribution in [2.75, 3.05) is 19.6 Å². The van der Waals surface area contributed by atoms with Crippen molar-refractivity contribution < 1.29 is 9.53 Å². The number of dihydropyridines is 1. The third-order valence-electron chi connectivity index (χ3n) is 5.69. The SMILES string of the molecule is NC1CCC(c2ccnc(O[C@@H]3CCN(C4=C(Cl)C(=O)CN=C4)C3)c2)CC1. The van der Waals surface area contributed by atoms with Crippen LogP contribution in [0, 0.1) is 0 Å². The molecule has 1 saturated heterocycles. The van der Waals surface area contributed by atoms with Crippen molar-refractivity contribution in [1.82, 2.24) is 9.88 Å². The molecule has 0 bridgehead atoms. The maximum Gasteiger partial charge on any atom is 0.213 e. The first-order valence-electron chi connectivity index (χ1n) is 9.66. The number of halogens is 1. The van der Waals surface area contributed by atoms with Gasteiger partial charge in [0.15, 0.2) is 5.78 Å². The Labute approximate surface area is 164 Å². The van der Waals surface area contributed by atoms with Crippen LogP contribution in [0.15, 0.2) is 34.1 Å². The summed E-state index contributed by atoms with van der Waals surface area (Å²) in [5, 5.41) is 0.279. The van der Waals surface area contributed by atoms with Gasteiger partial charge in [0.2, 0.25) is 5.88 Å². The number of rotatable bonds is 4. The summed E-state index contributed by atoms with van der Waals surface area (Å²) in [5.41, 5.74) is 8.02. The van der Waals surface area contributed by atoms with E-state index in [4.69, 9.17) is 22.1 Å². The standard InChI is InChI=1S/C20H25ClN4O2/c21-20-17(10-23-11-18(20)26)25-8-6-16(12-25)27-19-9-14(5-7-24-19)13-1-3-15(22)4-2-13/h5,7,9-10,13,15-16H,1-4,6,8,11-12,22H2/t13?,15?,16-/m1/s1. The minimum absolute atomic E-state index is 0.0231. The van der Waals surface area contributed by atoms with Gasteiger partial charge >= 0.3 is 0 Å². The molecule has 3 aliphatic rings. The van der Waals surface area contributed by atoms with Crippen LogP contribution >= 0.6 is 11.6 Å². The molecule has 6 nitrogen and oxygen atoms in total. The molecule has 2 aliphatic heterocycles. The number of aliphatic imine (C=N–C) groups is 1. The van der Waals surface area contributed by atoms with Crippen molar-refractivity contribution in [1.29, 1.82) is 0 Å². The van der Waals surface area contributed by atoms with Crippen LogP contribution in [0.5, 0.6) is 5.88 Å². The van der Waals surface area contributed by atoms with Crippen LogP contribution in [0.1, 0.15) is 43.6 Å². The molecule has 0 radical (unpaired) electrons. The highest BCUT2D eigenvalue weighted by Crippen LogP contribution is 2.33. The summed E-state index contributed by atoms with van der Waals surface area (Å²) in [6.07, 6.45) is 8.82. The molecule has 0 aromatic carbocycles. The zero-order chi connectivity index (χ0) is 18.8. The number of carbonyl (C=O) groups is 1. The fourth-order valence-corrected chi connectivity index (χ4v) is 4.34. The maximum atomic E-state index is 11.8. The van der Waals surface area contributed by atoms with Crippen molar-refractivity contribution in [3.63, 3.8) is 0 Å². The third-order valence-corrected chi connectivity index (χ3v) is 6.10. The molecule has 7 heteroatoms. The van der Waals surface area contributed by atoms with Gasteiger partial charge in [-0.05, 0) is 43.2 Å². The number of nitrogens with zero attached hydrogens (tertiary/aromatic N) is 3. The van der Waals surface area contributed by atoms with Crippen LogP contribution in [0.4, 0.5) is 0 Å². The Balaban J connectivity index is 1.39. The number of Topliss-reactive ketones (excluding diaryl/α,β-unsaturated/α-hetero) is 1. The molecule has 2 N–H and O–H groups in total. The average molecular weight is 389 g/mol. The average Bonchev–Trinajstić information content (AvgIpc) is 3.13. The Hall–Kier alpha value is -1.92. The van der Waals surface area contributed by atoms with Gasteiger partial charge in [0.05, 0.1) is 12.2 Å². The first-order valence-corrected chi connectivity index (χ1v) is 10.0. The van der Waals surface area contributed by atoms with E-state index in [-0.39, 0.29) is 23.5 Å². The highest BCUT2D eigenvalue weighted by molar-refractivity contribution is 6.44. The van der Waals surface area contributed by atoms with Gasteiger partial charge in [0.25, 0.3) is 0 Å². The van der Waals surface area contributed by atoms with E-state index >= 15 is 0 Å². The van der Waals surface area contributed by atoms with E-state index in [0.29, 0.717) is 30.1 Å². The van der Waals surface area contributed by atoms with Crippen LogP contribution in [-0.2, 0) is 4.79 Å². The van der Waals surface area contributed by atoms with Crippen molar-refractivity contribution >= 4 is 23.6 Å². The van der Waals surface area contributed by atoms with Gasteiger partial charge in [-0.25, -0.2) is 4.98 Å². The molecular formula is C20H25ClN4O2. The normalized spacial score (nSPS) is 28.7. The first kappa shape index (κ1) is 18.4. The number of ether oxygens (including phenoxy) is 1. The first-order chi connectivity index (χ1) is 13.1. The van der Waals surface area contributed by atoms with Crippen molar-refractivity contribution in [3.8, 4) is 5.88 Å². The summed E-state index contributed by atoms with van der Waals surface area (Å²) < 4.78 is 6.14. The van der Waals surface area contributed by atoms with E-state index in [1.54, 1.807) is 6.21 Å². The molecule has 4 rings (SSSR count). The number of allylic oxidation sites excluding steroid dienone is 1. The molecule has 1 aromatic heterocycles. The van der Waals surface area contributed by atoms with E-state index in [0.717, 1.165) is 38.6 Å². The number of pyridine rings is 1. The molecule has 1 atom stereocenters. The second-order valence-electron chi connectivity index (χ2n) is 7.61. The molecule has 27 heavy (non-hydrogen) atoms. The molecule has 0 unspecified atom stereocenters. The summed E-state index contributed by atoms with van der Waals surface area (Å²) in [5.74, 6) is 1.09. The van der Waals surface area contributed by atoms with E-state index in [9.17, 15) is 4.79 Å². The zero-order valence-electron chi connectivity index (χ0n) is 15.3. The van der Waals surface area contributed by atoms with Gasteiger partial charge in [-0.15, -0.1) is 0 Å². The molecule has 0 amide bonds. The van der Waals surface area contributed by atoms with E-state index in [2.05, 4.69) is 27.0 Å². The molecular weight excluding hydrogens is 364 g/mol. The second-order valence-corrected chi connectivity index (χ2v) is 7.98. The maximum absolute atomic E-state index is 11.8. The zero-order valence-corrected chi connectivity index (χ0v) is 16.1. The second kappa shape index (κ2) is 7.98. The Morgan fingerprint density at radius 3 is 2.85 bits per heavy atom. The molecule has 3 heterocycles. The summed E-state index contributed by atoms with van der Waals surface area (Å²) in [7, 11) is 0. The molecule has 2 fully saturated rings. The Morgan fingerprint density at radius 2 is 2.04 bits per heavy atom. The molecule has 1 aromatic rings. The molecule has 144 valence electrons. The largest absolute Gasteiger partial charge is 0.472 e. The number of hydrogen-bond acceptors (Lipinski definition) is 6. The highest BCUT2D eigenvalue weighted by atomic mass is 35.5. The quantitative estimate of drug-likeness (QED) is 0.857. The molecule has 0 spiro atoms. The Bertz CT molecular complexity index is 771. The fraction of sp³-hybridized carbons (Fsp3) is 0.550. The Morgan fingerprint density at radius 1 is 1.22 bits per heavy atom. The predicted octanol–water partition coefficient (Wildman–Crippen LogP) is 2.62. The lowest BCUT2D eigenvalue weighted by atomic mass is 9.82. The summed E-state index contributed by atoms with van der Waals surface area (Å²) in [4.78, 5) is 22.3. The predicted molar refractivity (Wildman–Crippen MR) is 105 cm³/mol. The molecule has 1 saturated carbocycles. The van der Waals surface area contributed by atoms with E-state index in [1.165, 1.54) is 5.56 Å². The van der Waals surface area contributed by atoms with Gasteiger partial charge in [0.1, 0.15) is 17.7 Å². The van der Waals surface area contributed by atoms with Gasteiger partial charge < -0.3 is 15.4 Å². The topological polar surface area (TPSA) is 80.8 Å². The van der Waals surface area contributed by atoms with Crippen molar-refractivity contribution in [2.24, 2.45) is 10.7 Å². The number of carbonyl (C=O) groups excluding carboxylic acids is 1. The Kier molecular flexibility index (Phi) is 5.45. The minimum Gasteiger partial charge on any atom is -0.472 e. The van der Waals surface area contributed by atoms with E-state index in [1.807, 2.05) is 6.20 Å². The lowest BCUT2D eigenvalue weighted by molar-refractivity contribution is -0.113. The smallest absolute Gasteiger partial charge is 0.213 e. The number of ketones is 1. The minimum atomic E-state index is -0.125. The van der Waals surface area contributed by atoms with Crippen molar-refractivity contribution in [3.05, 3.63) is 34.6 Å². The van der Waals surface area contributed by atoms with Gasteiger partial charge in [-0.1, -0.05) is 11.6 Å². The fourth-order valence-electron chi connectivity index (χ4n) is 4.11. The van der Waals surface area contributed by atoms with Gasteiger partial charge in [-0.3, -0.25) is 9.79 Å². The summed E-state index contributed by atoms with van der Waals surface area (Å²) >= 11 is 6.17. The summed E-state index contributed by atoms with van der Waals surface area (Å²) in [6, 6.07) is 4.51. The van der Waals surface area contributed by atoms with Crippen LogP contribution in [-0.4, -0.2) is 53.7 Å². The van der Waals surface area contributed by atoms with Crippen molar-refractivity contribution in [2.45, 2.75) is 50.2 Å². The van der Waals surface area contributed by atoms with Crippen LogP contribution in [0.3, 0.4) is 0 Å². The van der Waals surface area contributed by atoms with Gasteiger partial charge in [0, 0.05) is 37.5 Å². The third kappa shape index (κ3) is 4.17. The number of aromatic nitrogens is 1. The molecule has 1 aliphatic carbocycles. The van der Waals surface area contributed by atoms with E-state index < -0.39 is 0 Å². The number of likely N-dealkylation sites (tertiary alicyclic amines) is 1. The van der Waals surface area contributed by atoms with Crippen LogP contribution in [0.2, 0.25) is 0 Å². The van der Waals surface area contributed by atoms with Crippen LogP contribution in [0.25, 0.3) is 0 Å². The number of nitrogens with two attached hydrogens (primary N) is 1. The summed E-state index contributed by atoms with van der Waals surface area (Å²) in [6.45, 7) is 1.60. The highest BCUT2D eigenvalue weighted by Gasteiger charge is 2.29. The lowest BCUT2D eigenvalue weighted by Gasteiger charge is -2.26.